The van der Waals surface area contributed by atoms with Gasteiger partial charge in [-0.25, -0.2) is 4.39 Å². The van der Waals surface area contributed by atoms with E-state index in [0.717, 1.165) is 30.0 Å². The van der Waals surface area contributed by atoms with Crippen LogP contribution in [0, 0.1) is 5.82 Å². The molecule has 0 saturated heterocycles. The Balaban J connectivity index is 1.42. The fourth-order valence-electron chi connectivity index (χ4n) is 2.84. The average Bonchev–Trinajstić information content (AvgIpc) is 3.17. The number of carbonyl (C=O) groups is 1. The lowest BCUT2D eigenvalue weighted by Crippen LogP contribution is -2.27. The van der Waals surface area contributed by atoms with Gasteiger partial charge in [0.05, 0.1) is 4.88 Å². The zero-order valence-corrected chi connectivity index (χ0v) is 16.1. The lowest BCUT2D eigenvalue weighted by atomic mass is 10.2. The van der Waals surface area contributed by atoms with Crippen LogP contribution in [0.3, 0.4) is 0 Å². The number of halogens is 1. The first kappa shape index (κ1) is 19.3. The summed E-state index contributed by atoms with van der Waals surface area (Å²) >= 11 is 1.42. The first-order chi connectivity index (χ1) is 13.1. The van der Waals surface area contributed by atoms with Crippen LogP contribution in [-0.2, 0) is 6.54 Å². The second-order valence-electron chi connectivity index (χ2n) is 6.50. The van der Waals surface area contributed by atoms with Crippen molar-refractivity contribution >= 4 is 17.2 Å². The normalized spacial score (nSPS) is 10.9. The van der Waals surface area contributed by atoms with Crippen LogP contribution in [0.4, 0.5) is 4.39 Å². The first-order valence-corrected chi connectivity index (χ1v) is 9.80. The molecule has 0 bridgehead atoms. The van der Waals surface area contributed by atoms with E-state index < -0.39 is 0 Å². The van der Waals surface area contributed by atoms with E-state index in [1.807, 2.05) is 30.3 Å². The molecular weight excluding hydrogens is 359 g/mol. The van der Waals surface area contributed by atoms with Crippen LogP contribution in [0.25, 0.3) is 10.4 Å². The zero-order valence-electron chi connectivity index (χ0n) is 15.3. The van der Waals surface area contributed by atoms with Crippen molar-refractivity contribution in [3.63, 3.8) is 0 Å². The van der Waals surface area contributed by atoms with Gasteiger partial charge in [0.15, 0.2) is 0 Å². The molecule has 2 aromatic carbocycles. The molecule has 1 N–H and O–H groups in total. The molecule has 0 saturated carbocycles. The summed E-state index contributed by atoms with van der Waals surface area (Å²) in [4.78, 5) is 16.2. The van der Waals surface area contributed by atoms with E-state index in [1.54, 1.807) is 12.1 Å². The molecule has 0 aliphatic heterocycles. The molecule has 0 unspecified atom stereocenters. The van der Waals surface area contributed by atoms with E-state index in [1.165, 1.54) is 29.0 Å². The molecule has 0 aliphatic rings. The van der Waals surface area contributed by atoms with Crippen molar-refractivity contribution in [1.82, 2.24) is 10.2 Å². The Hall–Kier alpha value is -2.50. The van der Waals surface area contributed by atoms with E-state index >= 15 is 0 Å². The molecular formula is C22H23FN2OS. The number of benzene rings is 2. The molecule has 0 aliphatic carbocycles. The minimum Gasteiger partial charge on any atom is -0.351 e. The molecule has 3 aromatic rings. The highest BCUT2D eigenvalue weighted by Crippen LogP contribution is 2.28. The van der Waals surface area contributed by atoms with Crippen molar-refractivity contribution in [3.05, 3.63) is 83.0 Å². The molecule has 27 heavy (non-hydrogen) atoms. The summed E-state index contributed by atoms with van der Waals surface area (Å²) in [5.41, 5.74) is 2.21. The summed E-state index contributed by atoms with van der Waals surface area (Å²) in [6, 6.07) is 20.4. The van der Waals surface area contributed by atoms with Crippen LogP contribution in [0.2, 0.25) is 0 Å². The third-order valence-electron chi connectivity index (χ3n) is 4.26. The van der Waals surface area contributed by atoms with Gasteiger partial charge < -0.3 is 10.2 Å². The molecule has 0 atom stereocenters. The molecule has 1 amide bonds. The number of hydrogen-bond donors (Lipinski definition) is 1. The maximum Gasteiger partial charge on any atom is 0.261 e. The van der Waals surface area contributed by atoms with Crippen LogP contribution in [-0.4, -0.2) is 30.9 Å². The molecule has 5 heteroatoms. The van der Waals surface area contributed by atoms with Crippen molar-refractivity contribution in [1.29, 1.82) is 0 Å². The monoisotopic (exact) mass is 382 g/mol. The number of nitrogens with one attached hydrogen (secondary N) is 1. The second-order valence-corrected chi connectivity index (χ2v) is 7.59. The molecule has 0 radical (unpaired) electrons. The maximum atomic E-state index is 13.0. The summed E-state index contributed by atoms with van der Waals surface area (Å²) in [6.45, 7) is 2.46. The van der Waals surface area contributed by atoms with Crippen molar-refractivity contribution in [3.8, 4) is 10.4 Å². The van der Waals surface area contributed by atoms with Crippen LogP contribution in [0.15, 0.2) is 66.7 Å². The van der Waals surface area contributed by atoms with Crippen molar-refractivity contribution in [2.24, 2.45) is 0 Å². The molecule has 1 aromatic heterocycles. The SMILES string of the molecule is CN(CCCNC(=O)c1ccc(-c2ccc(F)cc2)s1)Cc1ccccc1. The van der Waals surface area contributed by atoms with Gasteiger partial charge in [-0.1, -0.05) is 42.5 Å². The number of thiophene rings is 1. The van der Waals surface area contributed by atoms with Gasteiger partial charge in [-0.2, -0.15) is 0 Å². The van der Waals surface area contributed by atoms with Gasteiger partial charge in [0.25, 0.3) is 5.91 Å². The van der Waals surface area contributed by atoms with Crippen molar-refractivity contribution in [2.75, 3.05) is 20.1 Å². The molecule has 140 valence electrons. The third-order valence-corrected chi connectivity index (χ3v) is 5.39. The second kappa shape index (κ2) is 9.44. The summed E-state index contributed by atoms with van der Waals surface area (Å²) in [5, 5.41) is 2.98. The van der Waals surface area contributed by atoms with Crippen LogP contribution >= 0.6 is 11.3 Å². The number of hydrogen-bond acceptors (Lipinski definition) is 3. The van der Waals surface area contributed by atoms with Crippen LogP contribution in [0.5, 0.6) is 0 Å². The van der Waals surface area contributed by atoms with Gasteiger partial charge in [0.2, 0.25) is 0 Å². The number of nitrogens with zero attached hydrogens (tertiary/aromatic N) is 1. The Bertz CT molecular complexity index is 862. The Morgan fingerprint density at radius 1 is 1.04 bits per heavy atom. The Labute approximate surface area is 163 Å². The van der Waals surface area contributed by atoms with Gasteiger partial charge in [0, 0.05) is 18.0 Å². The van der Waals surface area contributed by atoms with Gasteiger partial charge >= 0.3 is 0 Å². The lowest BCUT2D eigenvalue weighted by Gasteiger charge is -2.16. The fourth-order valence-corrected chi connectivity index (χ4v) is 3.77. The summed E-state index contributed by atoms with van der Waals surface area (Å²) in [5.74, 6) is -0.315. The lowest BCUT2D eigenvalue weighted by molar-refractivity contribution is 0.0956. The largest absolute Gasteiger partial charge is 0.351 e. The highest BCUT2D eigenvalue weighted by atomic mass is 32.1. The van der Waals surface area contributed by atoms with Crippen LogP contribution < -0.4 is 5.32 Å². The fraction of sp³-hybridized carbons (Fsp3) is 0.227. The Morgan fingerprint density at radius 3 is 2.52 bits per heavy atom. The quantitative estimate of drug-likeness (QED) is 0.567. The highest BCUT2D eigenvalue weighted by Gasteiger charge is 2.10. The predicted molar refractivity (Wildman–Crippen MR) is 109 cm³/mol. The standard InChI is InChI=1S/C22H23FN2OS/c1-25(16-17-6-3-2-4-7-17)15-5-14-24-22(26)21-13-12-20(27-21)18-8-10-19(23)11-9-18/h2-4,6-13H,5,14-16H2,1H3,(H,24,26). The third kappa shape index (κ3) is 5.74. The first-order valence-electron chi connectivity index (χ1n) is 8.98. The van der Waals surface area contributed by atoms with E-state index in [-0.39, 0.29) is 11.7 Å². The van der Waals surface area contributed by atoms with Gasteiger partial charge in [-0.3, -0.25) is 4.79 Å². The summed E-state index contributed by atoms with van der Waals surface area (Å²) in [6.07, 6.45) is 0.894. The Kier molecular flexibility index (Phi) is 6.74. The molecule has 1 heterocycles. The van der Waals surface area contributed by atoms with E-state index in [4.69, 9.17) is 0 Å². The Morgan fingerprint density at radius 2 is 1.78 bits per heavy atom. The highest BCUT2D eigenvalue weighted by molar-refractivity contribution is 7.17. The molecule has 0 spiro atoms. The smallest absolute Gasteiger partial charge is 0.261 e. The van der Waals surface area contributed by atoms with E-state index in [9.17, 15) is 9.18 Å². The molecule has 3 nitrogen and oxygen atoms in total. The molecule has 0 fully saturated rings. The van der Waals surface area contributed by atoms with E-state index in [0.29, 0.717) is 11.4 Å². The summed E-state index contributed by atoms with van der Waals surface area (Å²) < 4.78 is 13.0. The van der Waals surface area contributed by atoms with E-state index in [2.05, 4.69) is 29.4 Å². The zero-order chi connectivity index (χ0) is 19.1. The molecule has 3 rings (SSSR count). The minimum absolute atomic E-state index is 0.0564. The predicted octanol–water partition coefficient (Wildman–Crippen LogP) is 4.81. The summed E-state index contributed by atoms with van der Waals surface area (Å²) in [7, 11) is 2.09. The number of amides is 1. The minimum atomic E-state index is -0.259. The van der Waals surface area contributed by atoms with Crippen LogP contribution in [0.1, 0.15) is 21.7 Å². The van der Waals surface area contributed by atoms with Gasteiger partial charge in [0.1, 0.15) is 5.82 Å². The maximum absolute atomic E-state index is 13.0. The van der Waals surface area contributed by atoms with Crippen molar-refractivity contribution in [2.45, 2.75) is 13.0 Å². The van der Waals surface area contributed by atoms with Crippen molar-refractivity contribution < 1.29 is 9.18 Å². The van der Waals surface area contributed by atoms with Gasteiger partial charge in [-0.05, 0) is 55.4 Å². The number of carbonyl (C=O) groups excluding carboxylic acids is 1. The average molecular weight is 383 g/mol. The topological polar surface area (TPSA) is 32.3 Å². The number of rotatable bonds is 8. The van der Waals surface area contributed by atoms with Gasteiger partial charge in [-0.15, -0.1) is 11.3 Å².